The fourth-order valence-corrected chi connectivity index (χ4v) is 1.43. The second-order valence-electron chi connectivity index (χ2n) is 1.72. The van der Waals surface area contributed by atoms with Gasteiger partial charge in [0.15, 0.2) is 0 Å². The van der Waals surface area contributed by atoms with Crippen LogP contribution < -0.4 is 5.73 Å². The van der Waals surface area contributed by atoms with Gasteiger partial charge in [0.2, 0.25) is 0 Å². The van der Waals surface area contributed by atoms with Crippen LogP contribution in [0.3, 0.4) is 0 Å². The van der Waals surface area contributed by atoms with Gasteiger partial charge in [0, 0.05) is 11.8 Å². The molecule has 50 valence electrons. The van der Waals surface area contributed by atoms with Crippen molar-refractivity contribution < 1.29 is 0 Å². The molecule has 0 spiro atoms. The normalized spacial score (nSPS) is 13.9. The van der Waals surface area contributed by atoms with E-state index >= 15 is 0 Å². The molecule has 1 atom stereocenters. The largest absolute Gasteiger partial charge is 0.329 e. The summed E-state index contributed by atoms with van der Waals surface area (Å²) in [6.45, 7) is 5.18. The quantitative estimate of drug-likeness (QED) is 0.628. The first-order valence-electron chi connectivity index (χ1n) is 3.16. The molecule has 1 nitrogen and oxygen atoms in total. The lowest BCUT2D eigenvalue weighted by Gasteiger charge is -2.08. The van der Waals surface area contributed by atoms with Gasteiger partial charge in [0.05, 0.1) is 0 Å². The second-order valence-corrected chi connectivity index (χ2v) is 3.30. The Bertz CT molecular complexity index is 43.8. The third kappa shape index (κ3) is 3.33. The first-order valence-corrected chi connectivity index (χ1v) is 4.21. The summed E-state index contributed by atoms with van der Waals surface area (Å²) in [6.07, 6.45) is 1.20. The van der Waals surface area contributed by atoms with Crippen LogP contribution in [0.2, 0.25) is 0 Å². The minimum Gasteiger partial charge on any atom is -0.329 e. The molecular weight excluding hydrogens is 118 g/mol. The van der Waals surface area contributed by atoms with E-state index in [0.29, 0.717) is 5.25 Å². The standard InChI is InChI=1S/C6H15NS/c1-3-6(5-7)8-4-2/h6H,3-5,7H2,1-2H3. The molecule has 0 rings (SSSR count). The van der Waals surface area contributed by atoms with Crippen molar-refractivity contribution in [1.29, 1.82) is 0 Å². The van der Waals surface area contributed by atoms with Gasteiger partial charge in [-0.1, -0.05) is 13.8 Å². The lowest BCUT2D eigenvalue weighted by molar-refractivity contribution is 0.827. The molecule has 2 heteroatoms. The molecule has 0 radical (unpaired) electrons. The molecule has 0 amide bonds. The maximum atomic E-state index is 5.45. The highest BCUT2D eigenvalue weighted by Gasteiger charge is 1.99. The lowest BCUT2D eigenvalue weighted by atomic mass is 10.3. The summed E-state index contributed by atoms with van der Waals surface area (Å²) in [5.74, 6) is 1.19. The fraction of sp³-hybridized carbons (Fsp3) is 1.00. The Morgan fingerprint density at radius 3 is 2.25 bits per heavy atom. The van der Waals surface area contributed by atoms with Crippen LogP contribution in [0, 0.1) is 0 Å². The topological polar surface area (TPSA) is 26.0 Å². The lowest BCUT2D eigenvalue weighted by Crippen LogP contribution is -2.15. The van der Waals surface area contributed by atoms with Crippen molar-refractivity contribution in [3.63, 3.8) is 0 Å². The van der Waals surface area contributed by atoms with E-state index in [2.05, 4.69) is 13.8 Å². The molecule has 1 unspecified atom stereocenters. The summed E-state index contributed by atoms with van der Waals surface area (Å²) in [6, 6.07) is 0. The number of hydrogen-bond acceptors (Lipinski definition) is 2. The van der Waals surface area contributed by atoms with Crippen LogP contribution in [0.15, 0.2) is 0 Å². The van der Waals surface area contributed by atoms with Gasteiger partial charge >= 0.3 is 0 Å². The van der Waals surface area contributed by atoms with Crippen molar-refractivity contribution in [3.05, 3.63) is 0 Å². The van der Waals surface area contributed by atoms with Gasteiger partial charge in [-0.15, -0.1) is 0 Å². The van der Waals surface area contributed by atoms with E-state index in [1.54, 1.807) is 0 Å². The number of nitrogens with two attached hydrogens (primary N) is 1. The van der Waals surface area contributed by atoms with Crippen molar-refractivity contribution >= 4 is 11.8 Å². The molecule has 0 aliphatic rings. The SMILES string of the molecule is CCSC(CC)CN. The molecule has 0 saturated carbocycles. The van der Waals surface area contributed by atoms with Gasteiger partial charge in [-0.25, -0.2) is 0 Å². The van der Waals surface area contributed by atoms with Gasteiger partial charge in [0.25, 0.3) is 0 Å². The van der Waals surface area contributed by atoms with Crippen LogP contribution in [-0.4, -0.2) is 17.5 Å². The predicted molar refractivity (Wildman–Crippen MR) is 41.3 cm³/mol. The smallest absolute Gasteiger partial charge is 0.0167 e. The summed E-state index contributed by atoms with van der Waals surface area (Å²) in [7, 11) is 0. The van der Waals surface area contributed by atoms with Crippen LogP contribution >= 0.6 is 11.8 Å². The van der Waals surface area contributed by atoms with Crippen LogP contribution in [-0.2, 0) is 0 Å². The minimum absolute atomic E-state index is 0.694. The zero-order valence-electron chi connectivity index (χ0n) is 5.68. The first kappa shape index (κ1) is 8.31. The number of rotatable bonds is 4. The summed E-state index contributed by atoms with van der Waals surface area (Å²) >= 11 is 1.95. The molecule has 0 heterocycles. The Balaban J connectivity index is 3.07. The maximum absolute atomic E-state index is 5.45. The van der Waals surface area contributed by atoms with Gasteiger partial charge in [0.1, 0.15) is 0 Å². The van der Waals surface area contributed by atoms with Gasteiger partial charge in [-0.05, 0) is 12.2 Å². The third-order valence-corrected chi connectivity index (χ3v) is 2.45. The average Bonchev–Trinajstić information content (AvgIpc) is 1.83. The van der Waals surface area contributed by atoms with Crippen LogP contribution in [0.5, 0.6) is 0 Å². The molecule has 8 heavy (non-hydrogen) atoms. The zero-order chi connectivity index (χ0) is 6.41. The Kier molecular flexibility index (Phi) is 5.66. The monoisotopic (exact) mass is 133 g/mol. The molecule has 0 aliphatic heterocycles. The average molecular weight is 133 g/mol. The molecule has 0 saturated heterocycles. The predicted octanol–water partition coefficient (Wildman–Crippen LogP) is 1.48. The van der Waals surface area contributed by atoms with E-state index in [0.717, 1.165) is 6.54 Å². The molecule has 0 bridgehead atoms. The fourth-order valence-electron chi connectivity index (χ4n) is 0.588. The molecular formula is C6H15NS. The molecule has 0 aliphatic carbocycles. The number of hydrogen-bond donors (Lipinski definition) is 1. The Morgan fingerprint density at radius 1 is 1.50 bits per heavy atom. The zero-order valence-corrected chi connectivity index (χ0v) is 6.50. The van der Waals surface area contributed by atoms with Crippen LogP contribution in [0.25, 0.3) is 0 Å². The summed E-state index contributed by atoms with van der Waals surface area (Å²) in [5, 5.41) is 0.694. The van der Waals surface area contributed by atoms with Crippen molar-refractivity contribution in [1.82, 2.24) is 0 Å². The Morgan fingerprint density at radius 2 is 2.12 bits per heavy atom. The van der Waals surface area contributed by atoms with Crippen molar-refractivity contribution in [2.75, 3.05) is 12.3 Å². The van der Waals surface area contributed by atoms with Crippen molar-refractivity contribution in [2.45, 2.75) is 25.5 Å². The number of thioether (sulfide) groups is 1. The summed E-state index contributed by atoms with van der Waals surface area (Å²) in [5.41, 5.74) is 5.45. The Labute approximate surface area is 56.0 Å². The maximum Gasteiger partial charge on any atom is 0.0167 e. The second kappa shape index (κ2) is 5.45. The highest BCUT2D eigenvalue weighted by atomic mass is 32.2. The summed E-state index contributed by atoms with van der Waals surface area (Å²) in [4.78, 5) is 0. The van der Waals surface area contributed by atoms with Crippen LogP contribution in [0.1, 0.15) is 20.3 Å². The minimum atomic E-state index is 0.694. The van der Waals surface area contributed by atoms with E-state index in [9.17, 15) is 0 Å². The third-order valence-electron chi connectivity index (χ3n) is 1.12. The van der Waals surface area contributed by atoms with Crippen LogP contribution in [0.4, 0.5) is 0 Å². The summed E-state index contributed by atoms with van der Waals surface area (Å²) < 4.78 is 0. The molecule has 0 aromatic carbocycles. The molecule has 0 fully saturated rings. The van der Waals surface area contributed by atoms with Gasteiger partial charge < -0.3 is 5.73 Å². The van der Waals surface area contributed by atoms with E-state index in [1.807, 2.05) is 11.8 Å². The molecule has 2 N–H and O–H groups in total. The van der Waals surface area contributed by atoms with E-state index < -0.39 is 0 Å². The Hall–Kier alpha value is 0.310. The highest BCUT2D eigenvalue weighted by Crippen LogP contribution is 2.11. The first-order chi connectivity index (χ1) is 3.85. The van der Waals surface area contributed by atoms with E-state index in [1.165, 1.54) is 12.2 Å². The molecule has 0 aromatic rings. The van der Waals surface area contributed by atoms with Crippen molar-refractivity contribution in [3.8, 4) is 0 Å². The van der Waals surface area contributed by atoms with E-state index in [-0.39, 0.29) is 0 Å². The van der Waals surface area contributed by atoms with Crippen molar-refractivity contribution in [2.24, 2.45) is 5.73 Å². The highest BCUT2D eigenvalue weighted by molar-refractivity contribution is 7.99. The van der Waals surface area contributed by atoms with Gasteiger partial charge in [-0.3, -0.25) is 0 Å². The molecule has 0 aromatic heterocycles. The van der Waals surface area contributed by atoms with E-state index in [4.69, 9.17) is 5.73 Å². The van der Waals surface area contributed by atoms with Gasteiger partial charge in [-0.2, -0.15) is 11.8 Å².